The quantitative estimate of drug-likeness (QED) is 0.831. The minimum absolute atomic E-state index is 0.139. The van der Waals surface area contributed by atoms with E-state index in [1.165, 1.54) is 6.26 Å². The predicted molar refractivity (Wildman–Crippen MR) is 75.6 cm³/mol. The maximum absolute atomic E-state index is 11.6. The molecule has 1 aromatic heterocycles. The molecule has 0 fully saturated rings. The molecule has 0 unspecified atom stereocenters. The number of ketones is 1. The van der Waals surface area contributed by atoms with Gasteiger partial charge in [0.25, 0.3) is 0 Å². The second kappa shape index (κ2) is 6.91. The number of amides is 1. The summed E-state index contributed by atoms with van der Waals surface area (Å²) in [5.74, 6) is -0.0491. The summed E-state index contributed by atoms with van der Waals surface area (Å²) >= 11 is 5.77. The maximum Gasteiger partial charge on any atom is 0.220 e. The van der Waals surface area contributed by atoms with Crippen molar-refractivity contribution in [2.45, 2.75) is 19.4 Å². The summed E-state index contributed by atoms with van der Waals surface area (Å²) in [5.41, 5.74) is 0.958. The lowest BCUT2D eigenvalue weighted by Crippen LogP contribution is -2.23. The van der Waals surface area contributed by atoms with E-state index in [0.29, 0.717) is 11.6 Å². The molecule has 0 bridgehead atoms. The standard InChI is InChI=1S/C15H14ClNO3/c16-12-5-3-11(4-6-12)10-17-15(19)8-7-13(18)14-2-1-9-20-14/h1-6,9H,7-8,10H2,(H,17,19). The topological polar surface area (TPSA) is 59.3 Å². The highest BCUT2D eigenvalue weighted by molar-refractivity contribution is 6.30. The molecule has 5 heteroatoms. The first-order valence-electron chi connectivity index (χ1n) is 6.23. The number of carbonyl (C=O) groups excluding carboxylic acids is 2. The zero-order valence-electron chi connectivity index (χ0n) is 10.8. The molecule has 104 valence electrons. The highest BCUT2D eigenvalue weighted by Gasteiger charge is 2.11. The third-order valence-electron chi connectivity index (χ3n) is 2.78. The van der Waals surface area contributed by atoms with Gasteiger partial charge in [0.05, 0.1) is 6.26 Å². The molecule has 1 heterocycles. The fourth-order valence-electron chi connectivity index (χ4n) is 1.68. The summed E-state index contributed by atoms with van der Waals surface area (Å²) in [6.07, 6.45) is 1.72. The van der Waals surface area contributed by atoms with Crippen LogP contribution in [-0.2, 0) is 11.3 Å². The molecule has 0 aliphatic carbocycles. The molecule has 4 nitrogen and oxygen atoms in total. The van der Waals surface area contributed by atoms with Gasteiger partial charge in [0, 0.05) is 24.4 Å². The summed E-state index contributed by atoms with van der Waals surface area (Å²) in [5, 5.41) is 3.41. The van der Waals surface area contributed by atoms with Crippen LogP contribution in [0.15, 0.2) is 47.1 Å². The number of carbonyl (C=O) groups is 2. The number of Topliss-reactive ketones (excluding diaryl/α,β-unsaturated/α-hetero) is 1. The molecule has 1 aromatic carbocycles. The van der Waals surface area contributed by atoms with Gasteiger partial charge in [0.2, 0.25) is 5.91 Å². The van der Waals surface area contributed by atoms with E-state index in [1.807, 2.05) is 12.1 Å². The van der Waals surface area contributed by atoms with Gasteiger partial charge in [-0.3, -0.25) is 9.59 Å². The summed E-state index contributed by atoms with van der Waals surface area (Å²) in [4.78, 5) is 23.3. The molecule has 0 aliphatic rings. The molecule has 2 aromatic rings. The van der Waals surface area contributed by atoms with E-state index in [2.05, 4.69) is 5.32 Å². The Bertz CT molecular complexity index is 576. The van der Waals surface area contributed by atoms with Crippen LogP contribution in [0.5, 0.6) is 0 Å². The molecule has 0 saturated heterocycles. The maximum atomic E-state index is 11.6. The van der Waals surface area contributed by atoms with Gasteiger partial charge in [-0.05, 0) is 29.8 Å². The van der Waals surface area contributed by atoms with Crippen molar-refractivity contribution >= 4 is 23.3 Å². The summed E-state index contributed by atoms with van der Waals surface area (Å²) in [7, 11) is 0. The van der Waals surface area contributed by atoms with Crippen LogP contribution in [0.2, 0.25) is 5.02 Å². The van der Waals surface area contributed by atoms with Crippen LogP contribution in [0.4, 0.5) is 0 Å². The fraction of sp³-hybridized carbons (Fsp3) is 0.200. The molecule has 0 saturated carbocycles. The molecule has 1 amide bonds. The van der Waals surface area contributed by atoms with Crippen LogP contribution < -0.4 is 5.32 Å². The van der Waals surface area contributed by atoms with E-state index in [-0.39, 0.29) is 30.3 Å². The first-order valence-corrected chi connectivity index (χ1v) is 6.61. The Morgan fingerprint density at radius 2 is 1.85 bits per heavy atom. The van der Waals surface area contributed by atoms with Crippen molar-refractivity contribution in [2.75, 3.05) is 0 Å². The fourth-order valence-corrected chi connectivity index (χ4v) is 1.80. The average Bonchev–Trinajstić information content (AvgIpc) is 2.98. The van der Waals surface area contributed by atoms with Gasteiger partial charge >= 0.3 is 0 Å². The monoisotopic (exact) mass is 291 g/mol. The molecular weight excluding hydrogens is 278 g/mol. The van der Waals surface area contributed by atoms with Gasteiger partial charge in [-0.1, -0.05) is 23.7 Å². The van der Waals surface area contributed by atoms with Crippen molar-refractivity contribution in [1.29, 1.82) is 0 Å². The number of furan rings is 1. The van der Waals surface area contributed by atoms with Crippen molar-refractivity contribution in [3.8, 4) is 0 Å². The first-order chi connectivity index (χ1) is 9.65. The van der Waals surface area contributed by atoms with Gasteiger partial charge in [-0.15, -0.1) is 0 Å². The number of rotatable bonds is 6. The minimum Gasteiger partial charge on any atom is -0.461 e. The van der Waals surface area contributed by atoms with Crippen LogP contribution in [0, 0.1) is 0 Å². The third-order valence-corrected chi connectivity index (χ3v) is 3.03. The zero-order chi connectivity index (χ0) is 14.4. The van der Waals surface area contributed by atoms with E-state index in [4.69, 9.17) is 16.0 Å². The zero-order valence-corrected chi connectivity index (χ0v) is 11.5. The van der Waals surface area contributed by atoms with E-state index in [9.17, 15) is 9.59 Å². The van der Waals surface area contributed by atoms with Gasteiger partial charge in [0.1, 0.15) is 0 Å². The molecule has 0 radical (unpaired) electrons. The van der Waals surface area contributed by atoms with Gasteiger partial charge in [-0.2, -0.15) is 0 Å². The van der Waals surface area contributed by atoms with Crippen LogP contribution in [0.3, 0.4) is 0 Å². The van der Waals surface area contributed by atoms with Gasteiger partial charge in [-0.25, -0.2) is 0 Å². The Morgan fingerprint density at radius 1 is 1.10 bits per heavy atom. The summed E-state index contributed by atoms with van der Waals surface area (Å²) < 4.78 is 4.97. The van der Waals surface area contributed by atoms with Crippen molar-refractivity contribution in [1.82, 2.24) is 5.32 Å². The molecule has 1 N–H and O–H groups in total. The molecule has 2 rings (SSSR count). The van der Waals surface area contributed by atoms with Crippen molar-refractivity contribution in [3.63, 3.8) is 0 Å². The molecule has 0 spiro atoms. The minimum atomic E-state index is -0.170. The van der Waals surface area contributed by atoms with E-state index in [0.717, 1.165) is 5.56 Å². The Kier molecular flexibility index (Phi) is 4.96. The normalized spacial score (nSPS) is 10.2. The Labute approximate surface area is 121 Å². The smallest absolute Gasteiger partial charge is 0.220 e. The Hall–Kier alpha value is -2.07. The Morgan fingerprint density at radius 3 is 2.50 bits per heavy atom. The second-order valence-corrected chi connectivity index (χ2v) is 4.74. The second-order valence-electron chi connectivity index (χ2n) is 4.30. The number of nitrogens with one attached hydrogen (secondary N) is 1. The number of halogens is 1. The van der Waals surface area contributed by atoms with Gasteiger partial charge in [0.15, 0.2) is 11.5 Å². The SMILES string of the molecule is O=C(CCC(=O)c1ccco1)NCc1ccc(Cl)cc1. The number of hydrogen-bond donors (Lipinski definition) is 1. The van der Waals surface area contributed by atoms with Crippen molar-refractivity contribution in [2.24, 2.45) is 0 Å². The lowest BCUT2D eigenvalue weighted by Gasteiger charge is -2.05. The number of benzene rings is 1. The van der Waals surface area contributed by atoms with E-state index >= 15 is 0 Å². The summed E-state index contributed by atoms with van der Waals surface area (Å²) in [6.45, 7) is 0.422. The summed E-state index contributed by atoms with van der Waals surface area (Å²) in [6, 6.07) is 10.5. The van der Waals surface area contributed by atoms with Crippen LogP contribution in [0.1, 0.15) is 29.0 Å². The number of hydrogen-bond acceptors (Lipinski definition) is 3. The van der Waals surface area contributed by atoms with E-state index < -0.39 is 0 Å². The molecule has 0 atom stereocenters. The average molecular weight is 292 g/mol. The third kappa shape index (κ3) is 4.24. The van der Waals surface area contributed by atoms with Crippen LogP contribution in [0.25, 0.3) is 0 Å². The Balaban J connectivity index is 1.73. The van der Waals surface area contributed by atoms with Crippen LogP contribution in [-0.4, -0.2) is 11.7 Å². The lowest BCUT2D eigenvalue weighted by molar-refractivity contribution is -0.121. The highest BCUT2D eigenvalue weighted by Crippen LogP contribution is 2.09. The molecule has 20 heavy (non-hydrogen) atoms. The van der Waals surface area contributed by atoms with Gasteiger partial charge < -0.3 is 9.73 Å². The van der Waals surface area contributed by atoms with Crippen molar-refractivity contribution in [3.05, 3.63) is 59.0 Å². The highest BCUT2D eigenvalue weighted by atomic mass is 35.5. The lowest BCUT2D eigenvalue weighted by atomic mass is 10.1. The largest absolute Gasteiger partial charge is 0.461 e. The first kappa shape index (κ1) is 14.3. The van der Waals surface area contributed by atoms with Crippen LogP contribution >= 0.6 is 11.6 Å². The molecular formula is C15H14ClNO3. The predicted octanol–water partition coefficient (Wildman–Crippen LogP) is 3.21. The van der Waals surface area contributed by atoms with Crippen molar-refractivity contribution < 1.29 is 14.0 Å². The molecule has 0 aliphatic heterocycles. The van der Waals surface area contributed by atoms with E-state index in [1.54, 1.807) is 24.3 Å².